The molecule has 0 aromatic heterocycles. The molecule has 0 saturated heterocycles. The minimum Gasteiger partial charge on any atom is -0.480 e. The van der Waals surface area contributed by atoms with Crippen LogP contribution in [0.2, 0.25) is 0 Å². The third-order valence-corrected chi connectivity index (χ3v) is 5.09. The number of nitrogens with one attached hydrogen (secondary N) is 1. The average molecular weight is 257 g/mol. The molecule has 0 bridgehead atoms. The van der Waals surface area contributed by atoms with Gasteiger partial charge >= 0.3 is 5.97 Å². The van der Waals surface area contributed by atoms with Gasteiger partial charge in [-0.05, 0) is 31.9 Å². The molecule has 2 rings (SSSR count). The molecule has 0 aromatic carbocycles. The molecule has 0 aromatic rings. The number of thioether (sulfide) groups is 1. The lowest BCUT2D eigenvalue weighted by Gasteiger charge is -2.31. The van der Waals surface area contributed by atoms with Crippen molar-refractivity contribution in [3.63, 3.8) is 0 Å². The summed E-state index contributed by atoms with van der Waals surface area (Å²) in [6.07, 6.45) is 7.47. The summed E-state index contributed by atoms with van der Waals surface area (Å²) in [6, 6.07) is 0.156. The maximum absolute atomic E-state index is 12.0. The number of amides is 1. The van der Waals surface area contributed by atoms with Crippen molar-refractivity contribution < 1.29 is 14.7 Å². The summed E-state index contributed by atoms with van der Waals surface area (Å²) in [5.41, 5.74) is -1.10. The summed E-state index contributed by atoms with van der Waals surface area (Å²) in [5, 5.41) is 12.5. The van der Waals surface area contributed by atoms with Crippen LogP contribution in [-0.4, -0.2) is 34.5 Å². The molecular weight excluding hydrogens is 238 g/mol. The van der Waals surface area contributed by atoms with Crippen LogP contribution >= 0.6 is 11.8 Å². The van der Waals surface area contributed by atoms with Crippen LogP contribution in [0.25, 0.3) is 0 Å². The van der Waals surface area contributed by atoms with Crippen molar-refractivity contribution in [2.45, 2.75) is 49.8 Å². The smallest absolute Gasteiger partial charge is 0.319 e. The molecule has 0 spiro atoms. The van der Waals surface area contributed by atoms with E-state index in [0.29, 0.717) is 18.1 Å². The van der Waals surface area contributed by atoms with Crippen molar-refractivity contribution >= 4 is 23.6 Å². The molecule has 2 unspecified atom stereocenters. The van der Waals surface area contributed by atoms with E-state index in [1.807, 2.05) is 0 Å². The van der Waals surface area contributed by atoms with Crippen molar-refractivity contribution in [2.24, 2.45) is 5.41 Å². The van der Waals surface area contributed by atoms with E-state index in [1.165, 1.54) is 6.42 Å². The van der Waals surface area contributed by atoms with Crippen LogP contribution in [0.4, 0.5) is 0 Å². The van der Waals surface area contributed by atoms with Gasteiger partial charge < -0.3 is 10.4 Å². The quantitative estimate of drug-likeness (QED) is 0.751. The lowest BCUT2D eigenvalue weighted by atomic mass is 9.94. The van der Waals surface area contributed by atoms with Crippen LogP contribution in [0.3, 0.4) is 0 Å². The molecule has 2 saturated carbocycles. The number of aliphatic carboxylic acids is 1. The number of carboxylic acids is 1. The van der Waals surface area contributed by atoms with E-state index in [0.717, 1.165) is 19.3 Å². The van der Waals surface area contributed by atoms with E-state index in [2.05, 4.69) is 11.6 Å². The molecule has 2 fully saturated rings. The third kappa shape index (κ3) is 2.44. The molecule has 0 radical (unpaired) electrons. The number of carboxylic acid groups (broad SMARTS) is 1. The summed E-state index contributed by atoms with van der Waals surface area (Å²) in [7, 11) is 0. The molecule has 5 heteroatoms. The van der Waals surface area contributed by atoms with Gasteiger partial charge in [0.05, 0.1) is 0 Å². The Hall–Kier alpha value is -0.710. The van der Waals surface area contributed by atoms with Gasteiger partial charge in [-0.15, -0.1) is 0 Å². The fraction of sp³-hybridized carbons (Fsp3) is 0.833. The molecule has 2 atom stereocenters. The van der Waals surface area contributed by atoms with Gasteiger partial charge in [-0.2, -0.15) is 11.8 Å². The molecule has 2 aliphatic carbocycles. The number of hydrogen-bond acceptors (Lipinski definition) is 3. The highest BCUT2D eigenvalue weighted by atomic mass is 32.2. The summed E-state index contributed by atoms with van der Waals surface area (Å²) >= 11 is 1.77. The zero-order chi connectivity index (χ0) is 12.5. The van der Waals surface area contributed by atoms with Gasteiger partial charge in [0.15, 0.2) is 0 Å². The van der Waals surface area contributed by atoms with Gasteiger partial charge in [-0.25, -0.2) is 0 Å². The summed E-state index contributed by atoms with van der Waals surface area (Å²) < 4.78 is 0. The number of carbonyl (C=O) groups excluding carboxylic acids is 1. The van der Waals surface area contributed by atoms with E-state index in [-0.39, 0.29) is 11.9 Å². The van der Waals surface area contributed by atoms with E-state index in [9.17, 15) is 9.59 Å². The Kier molecular flexibility index (Phi) is 3.66. The Morgan fingerprint density at radius 3 is 2.47 bits per heavy atom. The minimum atomic E-state index is -1.10. The first kappa shape index (κ1) is 12.7. The van der Waals surface area contributed by atoms with E-state index >= 15 is 0 Å². The van der Waals surface area contributed by atoms with Crippen LogP contribution in [0.15, 0.2) is 0 Å². The molecule has 4 nitrogen and oxygen atoms in total. The molecule has 0 heterocycles. The summed E-state index contributed by atoms with van der Waals surface area (Å²) in [6.45, 7) is 0. The van der Waals surface area contributed by atoms with Crippen LogP contribution in [-0.2, 0) is 9.59 Å². The standard InChI is InChI=1S/C12H19NO3S/c1-17-9-5-3-2-4-8(9)13-10(14)12(6-7-12)11(15)16/h8-9H,2-7H2,1H3,(H,13,14)(H,15,16). The van der Waals surface area contributed by atoms with Crippen LogP contribution in [0.1, 0.15) is 38.5 Å². The highest BCUT2D eigenvalue weighted by molar-refractivity contribution is 7.99. The van der Waals surface area contributed by atoms with Gasteiger partial charge in [-0.1, -0.05) is 12.8 Å². The van der Waals surface area contributed by atoms with Crippen molar-refractivity contribution in [2.75, 3.05) is 6.26 Å². The topological polar surface area (TPSA) is 66.4 Å². The molecule has 17 heavy (non-hydrogen) atoms. The highest BCUT2D eigenvalue weighted by Gasteiger charge is 2.57. The normalized spacial score (nSPS) is 30.6. The Labute approximate surface area is 106 Å². The second kappa shape index (κ2) is 4.88. The van der Waals surface area contributed by atoms with E-state index < -0.39 is 11.4 Å². The van der Waals surface area contributed by atoms with Gasteiger partial charge in [0.2, 0.25) is 5.91 Å². The van der Waals surface area contributed by atoms with Crippen LogP contribution < -0.4 is 5.32 Å². The van der Waals surface area contributed by atoms with Crippen LogP contribution in [0, 0.1) is 5.41 Å². The Morgan fingerprint density at radius 1 is 1.29 bits per heavy atom. The van der Waals surface area contributed by atoms with Crippen molar-refractivity contribution in [3.05, 3.63) is 0 Å². The van der Waals surface area contributed by atoms with Gasteiger partial charge in [0.1, 0.15) is 5.41 Å². The molecule has 1 amide bonds. The highest BCUT2D eigenvalue weighted by Crippen LogP contribution is 2.46. The molecule has 2 aliphatic rings. The monoisotopic (exact) mass is 257 g/mol. The van der Waals surface area contributed by atoms with Gasteiger partial charge in [-0.3, -0.25) is 9.59 Å². The minimum absolute atomic E-state index is 0.156. The zero-order valence-electron chi connectivity index (χ0n) is 10.1. The average Bonchev–Trinajstić information content (AvgIpc) is 3.10. The zero-order valence-corrected chi connectivity index (χ0v) is 10.9. The Bertz CT molecular complexity index is 328. The Morgan fingerprint density at radius 2 is 1.94 bits per heavy atom. The largest absolute Gasteiger partial charge is 0.480 e. The van der Waals surface area contributed by atoms with Crippen molar-refractivity contribution in [3.8, 4) is 0 Å². The lowest BCUT2D eigenvalue weighted by molar-refractivity contribution is -0.149. The van der Waals surface area contributed by atoms with Gasteiger partial charge in [0, 0.05) is 11.3 Å². The molecule has 0 aliphatic heterocycles. The SMILES string of the molecule is CSC1CCCCC1NC(=O)C1(C(=O)O)CC1. The predicted molar refractivity (Wildman–Crippen MR) is 67.0 cm³/mol. The molecular formula is C12H19NO3S. The molecule has 2 N–H and O–H groups in total. The maximum atomic E-state index is 12.0. The van der Waals surface area contributed by atoms with E-state index in [4.69, 9.17) is 5.11 Å². The fourth-order valence-corrected chi connectivity index (χ4v) is 3.45. The first-order valence-electron chi connectivity index (χ1n) is 6.17. The predicted octanol–water partition coefficient (Wildman–Crippen LogP) is 1.64. The summed E-state index contributed by atoms with van der Waals surface area (Å²) in [4.78, 5) is 23.0. The van der Waals surface area contributed by atoms with Gasteiger partial charge in [0.25, 0.3) is 0 Å². The number of hydrogen-bond donors (Lipinski definition) is 2. The second-order valence-electron chi connectivity index (χ2n) is 5.03. The number of rotatable bonds is 4. The Balaban J connectivity index is 1.96. The third-order valence-electron chi connectivity index (χ3n) is 3.92. The lowest BCUT2D eigenvalue weighted by Crippen LogP contribution is -2.48. The van der Waals surface area contributed by atoms with Crippen LogP contribution in [0.5, 0.6) is 0 Å². The first-order chi connectivity index (χ1) is 8.10. The van der Waals surface area contributed by atoms with Crippen molar-refractivity contribution in [1.29, 1.82) is 0 Å². The fourth-order valence-electron chi connectivity index (χ4n) is 2.51. The maximum Gasteiger partial charge on any atom is 0.319 e. The summed E-state index contributed by atoms with van der Waals surface area (Å²) in [5.74, 6) is -1.23. The molecule has 96 valence electrons. The van der Waals surface area contributed by atoms with E-state index in [1.54, 1.807) is 11.8 Å². The number of carbonyl (C=O) groups is 2. The second-order valence-corrected chi connectivity index (χ2v) is 6.10. The van der Waals surface area contributed by atoms with Crippen molar-refractivity contribution in [1.82, 2.24) is 5.32 Å². The first-order valence-corrected chi connectivity index (χ1v) is 7.46.